The van der Waals surface area contributed by atoms with Gasteiger partial charge in [0.1, 0.15) is 5.75 Å². The van der Waals surface area contributed by atoms with Crippen LogP contribution in [0.5, 0.6) is 5.75 Å². The fraction of sp³-hybridized carbons (Fsp3) is 0.125. The van der Waals surface area contributed by atoms with E-state index in [0.29, 0.717) is 6.07 Å². The van der Waals surface area contributed by atoms with Crippen molar-refractivity contribution in [2.24, 2.45) is 0 Å². The summed E-state index contributed by atoms with van der Waals surface area (Å²) < 4.78 is 58.9. The minimum absolute atomic E-state index is 0.144. The van der Waals surface area contributed by atoms with Gasteiger partial charge in [0.05, 0.1) is 10.6 Å². The van der Waals surface area contributed by atoms with Gasteiger partial charge in [0.25, 0.3) is 5.91 Å². The third-order valence-corrected chi connectivity index (χ3v) is 3.22. The zero-order valence-electron chi connectivity index (χ0n) is 12.8. The summed E-state index contributed by atoms with van der Waals surface area (Å²) in [4.78, 5) is 23.4. The molecule has 0 saturated carbocycles. The van der Waals surface area contributed by atoms with Crippen LogP contribution in [-0.4, -0.2) is 25.1 Å². The Morgan fingerprint density at radius 1 is 1.08 bits per heavy atom. The monoisotopic (exact) mass is 391 g/mol. The van der Waals surface area contributed by atoms with E-state index in [-0.39, 0.29) is 22.0 Å². The molecule has 1 N–H and O–H groups in total. The largest absolute Gasteiger partial charge is 0.452 e. The van der Waals surface area contributed by atoms with Crippen LogP contribution in [0.25, 0.3) is 0 Å². The predicted molar refractivity (Wildman–Crippen MR) is 83.4 cm³/mol. The molecule has 2 aromatic rings. The Hall–Kier alpha value is -2.81. The molecule has 0 spiro atoms. The maximum absolute atomic E-state index is 13.0. The number of amides is 1. The molecule has 0 aliphatic rings. The van der Waals surface area contributed by atoms with E-state index in [1.54, 1.807) is 0 Å². The summed E-state index contributed by atoms with van der Waals surface area (Å²) in [5, 5.41) is 2.15. The van der Waals surface area contributed by atoms with Crippen LogP contribution in [0.4, 0.5) is 23.2 Å². The number of esters is 1. The lowest BCUT2D eigenvalue weighted by Gasteiger charge is -2.10. The molecular weight excluding hydrogens is 382 g/mol. The second-order valence-corrected chi connectivity index (χ2v) is 5.18. The molecule has 0 saturated heterocycles. The second kappa shape index (κ2) is 8.52. The molecule has 26 heavy (non-hydrogen) atoms. The van der Waals surface area contributed by atoms with Crippen LogP contribution in [0.2, 0.25) is 5.02 Å². The molecule has 1 amide bonds. The highest BCUT2D eigenvalue weighted by Gasteiger charge is 2.14. The Kier molecular flexibility index (Phi) is 6.40. The molecule has 5 nitrogen and oxygen atoms in total. The maximum Gasteiger partial charge on any atom is 0.387 e. The van der Waals surface area contributed by atoms with E-state index in [4.69, 9.17) is 11.6 Å². The Labute approximate surface area is 149 Å². The summed E-state index contributed by atoms with van der Waals surface area (Å²) in [6.45, 7) is -3.77. The lowest BCUT2D eigenvalue weighted by molar-refractivity contribution is -0.119. The van der Waals surface area contributed by atoms with Gasteiger partial charge in [-0.05, 0) is 36.4 Å². The van der Waals surface area contributed by atoms with Crippen LogP contribution in [0, 0.1) is 11.6 Å². The minimum Gasteiger partial charge on any atom is -0.452 e. The zero-order valence-corrected chi connectivity index (χ0v) is 13.5. The number of alkyl halides is 2. The van der Waals surface area contributed by atoms with Gasteiger partial charge in [0.2, 0.25) is 0 Å². The topological polar surface area (TPSA) is 64.6 Å². The molecule has 0 aliphatic carbocycles. The number of hydrogen-bond acceptors (Lipinski definition) is 4. The van der Waals surface area contributed by atoms with Gasteiger partial charge in [-0.3, -0.25) is 4.79 Å². The van der Waals surface area contributed by atoms with Gasteiger partial charge >= 0.3 is 12.6 Å². The maximum atomic E-state index is 13.0. The molecule has 2 aromatic carbocycles. The smallest absolute Gasteiger partial charge is 0.387 e. The van der Waals surface area contributed by atoms with Crippen LogP contribution in [0.1, 0.15) is 10.4 Å². The number of halogens is 5. The van der Waals surface area contributed by atoms with Gasteiger partial charge in [0, 0.05) is 5.69 Å². The van der Waals surface area contributed by atoms with Gasteiger partial charge in [-0.15, -0.1) is 0 Å². The summed E-state index contributed by atoms with van der Waals surface area (Å²) in [7, 11) is 0. The van der Waals surface area contributed by atoms with Crippen molar-refractivity contribution < 1.29 is 36.6 Å². The van der Waals surface area contributed by atoms with Gasteiger partial charge in [-0.2, -0.15) is 8.78 Å². The molecule has 0 unspecified atom stereocenters. The molecule has 0 fully saturated rings. The number of carbonyl (C=O) groups excluding carboxylic acids is 2. The number of anilines is 1. The van der Waals surface area contributed by atoms with Crippen LogP contribution in [0.15, 0.2) is 36.4 Å². The Balaban J connectivity index is 1.91. The summed E-state index contributed by atoms with van der Waals surface area (Å²) in [5.74, 6) is -4.43. The van der Waals surface area contributed by atoms with Crippen LogP contribution >= 0.6 is 11.6 Å². The van der Waals surface area contributed by atoms with Crippen molar-refractivity contribution in [3.05, 3.63) is 58.6 Å². The number of hydrogen-bond donors (Lipinski definition) is 1. The third kappa shape index (κ3) is 5.35. The fourth-order valence-electron chi connectivity index (χ4n) is 1.80. The zero-order chi connectivity index (χ0) is 19.3. The van der Waals surface area contributed by atoms with Crippen LogP contribution < -0.4 is 10.1 Å². The average Bonchev–Trinajstić information content (AvgIpc) is 2.57. The van der Waals surface area contributed by atoms with Crippen molar-refractivity contribution in [1.82, 2.24) is 0 Å². The standard InChI is InChI=1S/C16H10ClF4NO4/c17-10-6-9(2-4-13(10)26-16(20)21)22-14(23)7-25-15(24)8-1-3-11(18)12(19)5-8/h1-6,16H,7H2,(H,22,23). The van der Waals surface area contributed by atoms with Crippen molar-refractivity contribution in [2.45, 2.75) is 6.61 Å². The summed E-state index contributed by atoms with van der Waals surface area (Å²) in [6.07, 6.45) is 0. The molecule has 0 heterocycles. The van der Waals surface area contributed by atoms with Gasteiger partial charge in [-0.1, -0.05) is 11.6 Å². The van der Waals surface area contributed by atoms with Crippen LogP contribution in [0.3, 0.4) is 0 Å². The van der Waals surface area contributed by atoms with Gasteiger partial charge in [-0.25, -0.2) is 13.6 Å². The van der Waals surface area contributed by atoms with E-state index in [1.807, 2.05) is 0 Å². The van der Waals surface area contributed by atoms with Crippen LogP contribution in [-0.2, 0) is 9.53 Å². The predicted octanol–water partition coefficient (Wildman–Crippen LogP) is 4.02. The first kappa shape index (κ1) is 19.5. The van der Waals surface area contributed by atoms with E-state index in [9.17, 15) is 27.2 Å². The Bertz CT molecular complexity index is 832. The normalized spacial score (nSPS) is 10.5. The highest BCUT2D eigenvalue weighted by Crippen LogP contribution is 2.28. The molecule has 138 valence electrons. The molecule has 0 radical (unpaired) electrons. The number of benzene rings is 2. The first-order valence-corrected chi connectivity index (χ1v) is 7.30. The Morgan fingerprint density at radius 2 is 1.81 bits per heavy atom. The lowest BCUT2D eigenvalue weighted by atomic mass is 10.2. The minimum atomic E-state index is -3.05. The van der Waals surface area contributed by atoms with E-state index in [2.05, 4.69) is 14.8 Å². The molecule has 10 heteroatoms. The Morgan fingerprint density at radius 3 is 2.42 bits per heavy atom. The van der Waals surface area contributed by atoms with Crippen molar-refractivity contribution in [3.8, 4) is 5.75 Å². The average molecular weight is 392 g/mol. The summed E-state index contributed by atoms with van der Waals surface area (Å²) in [5.41, 5.74) is -0.126. The number of nitrogens with one attached hydrogen (secondary N) is 1. The summed E-state index contributed by atoms with van der Waals surface area (Å²) in [6, 6.07) is 5.92. The van der Waals surface area contributed by atoms with Crippen molar-refractivity contribution in [1.29, 1.82) is 0 Å². The van der Waals surface area contributed by atoms with E-state index in [0.717, 1.165) is 24.3 Å². The van der Waals surface area contributed by atoms with E-state index in [1.165, 1.54) is 6.07 Å². The molecule has 0 bridgehead atoms. The van der Waals surface area contributed by atoms with Crippen molar-refractivity contribution >= 4 is 29.2 Å². The van der Waals surface area contributed by atoms with Crippen molar-refractivity contribution in [3.63, 3.8) is 0 Å². The highest BCUT2D eigenvalue weighted by atomic mass is 35.5. The molecule has 0 aromatic heterocycles. The quantitative estimate of drug-likeness (QED) is 0.597. The lowest BCUT2D eigenvalue weighted by Crippen LogP contribution is -2.21. The highest BCUT2D eigenvalue weighted by molar-refractivity contribution is 6.32. The molecule has 0 atom stereocenters. The molecule has 0 aliphatic heterocycles. The molecule has 2 rings (SSSR count). The number of carbonyl (C=O) groups is 2. The van der Waals surface area contributed by atoms with E-state index < -0.39 is 36.7 Å². The first-order chi connectivity index (χ1) is 12.3. The summed E-state index contributed by atoms with van der Waals surface area (Å²) >= 11 is 5.73. The fourth-order valence-corrected chi connectivity index (χ4v) is 2.03. The van der Waals surface area contributed by atoms with E-state index >= 15 is 0 Å². The van der Waals surface area contributed by atoms with Gasteiger partial charge < -0.3 is 14.8 Å². The number of rotatable bonds is 6. The third-order valence-electron chi connectivity index (χ3n) is 2.92. The van der Waals surface area contributed by atoms with Gasteiger partial charge in [0.15, 0.2) is 18.2 Å². The number of ether oxygens (including phenoxy) is 2. The first-order valence-electron chi connectivity index (χ1n) is 6.92. The van der Waals surface area contributed by atoms with Crippen molar-refractivity contribution in [2.75, 3.05) is 11.9 Å². The SMILES string of the molecule is O=C(COC(=O)c1ccc(F)c(F)c1)Nc1ccc(OC(F)F)c(Cl)c1. The molecular formula is C16H10ClF4NO4. The second-order valence-electron chi connectivity index (χ2n) is 4.78.